The van der Waals surface area contributed by atoms with Gasteiger partial charge in [-0.05, 0) is 96.8 Å². The maximum absolute atomic E-state index is 11.2. The fourth-order valence-corrected chi connectivity index (χ4v) is 8.84. The average Bonchev–Trinajstić information content (AvgIpc) is 3.74. The molecule has 2 bridgehead atoms. The van der Waals surface area contributed by atoms with E-state index >= 15 is 0 Å². The lowest BCUT2D eigenvalue weighted by Gasteiger charge is -2.33. The van der Waals surface area contributed by atoms with Crippen molar-refractivity contribution in [3.63, 3.8) is 0 Å². The van der Waals surface area contributed by atoms with Crippen LogP contribution in [0.2, 0.25) is 0 Å². The lowest BCUT2D eigenvalue weighted by Crippen LogP contribution is -2.35. The minimum absolute atomic E-state index is 0.248. The Kier molecular flexibility index (Phi) is 5.31. The van der Waals surface area contributed by atoms with Gasteiger partial charge >= 0.3 is 5.97 Å². The van der Waals surface area contributed by atoms with Crippen LogP contribution in [-0.4, -0.2) is 17.1 Å². The number of para-hydroxylation sites is 1. The molecule has 0 amide bonds. The van der Waals surface area contributed by atoms with Crippen molar-refractivity contribution in [3.05, 3.63) is 88.8 Å². The van der Waals surface area contributed by atoms with Crippen molar-refractivity contribution in [2.45, 2.75) is 31.2 Å². The van der Waals surface area contributed by atoms with E-state index in [0.717, 1.165) is 26.5 Å². The molecule has 7 rings (SSSR count). The molecule has 2 aliphatic carbocycles. The fourth-order valence-electron chi connectivity index (χ4n) is 6.80. The monoisotopic (exact) mass is 520 g/mol. The van der Waals surface area contributed by atoms with E-state index in [-0.39, 0.29) is 5.57 Å². The third-order valence-corrected chi connectivity index (χ3v) is 10.6. The van der Waals surface area contributed by atoms with Crippen LogP contribution in [0, 0.1) is 23.2 Å². The van der Waals surface area contributed by atoms with Crippen LogP contribution in [0.25, 0.3) is 26.3 Å². The molecular weight excluding hydrogens is 496 g/mol. The van der Waals surface area contributed by atoms with Gasteiger partial charge in [-0.25, -0.2) is 4.79 Å². The minimum atomic E-state index is -1.20. The summed E-state index contributed by atoms with van der Waals surface area (Å²) < 4.78 is 0. The highest BCUT2D eigenvalue weighted by atomic mass is 32.1. The Bertz CT molecular complexity index is 1590. The number of thiophene rings is 2. The summed E-state index contributed by atoms with van der Waals surface area (Å²) in [5.41, 5.74) is 5.21. The van der Waals surface area contributed by atoms with Crippen molar-refractivity contribution in [1.29, 1.82) is 5.26 Å². The van der Waals surface area contributed by atoms with Crippen molar-refractivity contribution in [2.75, 3.05) is 4.90 Å². The molecule has 3 aliphatic rings. The van der Waals surface area contributed by atoms with Crippen LogP contribution in [0.5, 0.6) is 0 Å². The van der Waals surface area contributed by atoms with Crippen LogP contribution in [0.4, 0.5) is 11.4 Å². The molecule has 182 valence electrons. The lowest BCUT2D eigenvalue weighted by atomic mass is 9.82. The van der Waals surface area contributed by atoms with Crippen molar-refractivity contribution < 1.29 is 9.90 Å². The third-order valence-electron chi connectivity index (χ3n) is 8.25. The van der Waals surface area contributed by atoms with Gasteiger partial charge < -0.3 is 10.0 Å². The minimum Gasteiger partial charge on any atom is -0.477 e. The lowest BCUT2D eigenvalue weighted by molar-refractivity contribution is -0.132. The van der Waals surface area contributed by atoms with Gasteiger partial charge in [-0.15, -0.1) is 22.7 Å². The van der Waals surface area contributed by atoms with Crippen molar-refractivity contribution >= 4 is 46.1 Å². The Balaban J connectivity index is 1.23. The Morgan fingerprint density at radius 3 is 2.51 bits per heavy atom. The van der Waals surface area contributed by atoms with E-state index in [9.17, 15) is 4.79 Å². The standard InChI is InChI=1S/C31H24N2O2S2/c32-17-21(31(34)35)15-23-9-11-27(36-23)28-13-12-26(37-28)18-8-10-25-24(16-18)29-19-6-7-20(14-19)30(29)33(25)22-4-2-1-3-5-22/h1-5,8-13,15-16,19-20,29-30H,6-7,14H2,(H,34,35)/b21-15+. The van der Waals surface area contributed by atoms with Crippen molar-refractivity contribution in [3.8, 4) is 26.3 Å². The summed E-state index contributed by atoms with van der Waals surface area (Å²) >= 11 is 3.27. The first-order chi connectivity index (χ1) is 18.1. The summed E-state index contributed by atoms with van der Waals surface area (Å²) in [6.07, 6.45) is 5.50. The van der Waals surface area contributed by atoms with Crippen LogP contribution in [0.3, 0.4) is 0 Å². The van der Waals surface area contributed by atoms with Crippen molar-refractivity contribution in [2.24, 2.45) is 11.8 Å². The summed E-state index contributed by atoms with van der Waals surface area (Å²) in [4.78, 5) is 18.0. The van der Waals surface area contributed by atoms with Gasteiger partial charge in [-0.3, -0.25) is 0 Å². The normalized spacial score (nSPS) is 23.6. The maximum Gasteiger partial charge on any atom is 0.346 e. The summed E-state index contributed by atoms with van der Waals surface area (Å²) in [7, 11) is 0. The highest BCUT2D eigenvalue weighted by Gasteiger charge is 2.55. The molecule has 3 heterocycles. The first kappa shape index (κ1) is 22.5. The highest BCUT2D eigenvalue weighted by Crippen LogP contribution is 2.62. The fraction of sp³-hybridized carbons (Fsp3) is 0.226. The number of rotatable bonds is 5. The second-order valence-corrected chi connectivity index (χ2v) is 12.4. The van der Waals surface area contributed by atoms with Gasteiger partial charge in [-0.2, -0.15) is 5.26 Å². The number of anilines is 2. The Morgan fingerprint density at radius 2 is 1.70 bits per heavy atom. The van der Waals surface area contributed by atoms with E-state index in [1.807, 2.05) is 12.1 Å². The zero-order chi connectivity index (χ0) is 25.1. The van der Waals surface area contributed by atoms with E-state index < -0.39 is 5.97 Å². The molecule has 4 nitrogen and oxygen atoms in total. The van der Waals surface area contributed by atoms with Gasteiger partial charge in [0.25, 0.3) is 0 Å². The number of nitriles is 1. The maximum atomic E-state index is 11.2. The van der Waals surface area contributed by atoms with Crippen LogP contribution in [0.1, 0.15) is 35.6 Å². The Morgan fingerprint density at radius 1 is 0.946 bits per heavy atom. The quantitative estimate of drug-likeness (QED) is 0.213. The predicted molar refractivity (Wildman–Crippen MR) is 150 cm³/mol. The third kappa shape index (κ3) is 3.65. The second-order valence-electron chi connectivity index (χ2n) is 10.2. The zero-order valence-electron chi connectivity index (χ0n) is 20.0. The van der Waals surface area contributed by atoms with Crippen LogP contribution in [0.15, 0.2) is 78.4 Å². The van der Waals surface area contributed by atoms with E-state index in [0.29, 0.717) is 12.0 Å². The molecule has 0 spiro atoms. The molecule has 4 aromatic rings. The number of carboxylic acids is 1. The molecular formula is C31H24N2O2S2. The number of benzene rings is 2. The Hall–Kier alpha value is -3.66. The Labute approximate surface area is 223 Å². The number of hydrogen-bond donors (Lipinski definition) is 1. The zero-order valence-corrected chi connectivity index (χ0v) is 21.6. The topological polar surface area (TPSA) is 64.3 Å². The van der Waals surface area contributed by atoms with E-state index in [1.54, 1.807) is 17.4 Å². The summed E-state index contributed by atoms with van der Waals surface area (Å²) in [6.45, 7) is 0. The molecule has 0 saturated heterocycles. The van der Waals surface area contributed by atoms with Gasteiger partial charge in [0.1, 0.15) is 11.6 Å². The summed E-state index contributed by atoms with van der Waals surface area (Å²) in [5, 5.41) is 18.2. The second kappa shape index (κ2) is 8.72. The van der Waals surface area contributed by atoms with Gasteiger partial charge in [0.15, 0.2) is 0 Å². The SMILES string of the molecule is N#C/C(=C\c1ccc(-c2ccc(-c3ccc4c(c3)C3C5CCC(C5)C3N4c3ccccc3)s2)s1)C(=O)O. The largest absolute Gasteiger partial charge is 0.477 e. The predicted octanol–water partition coefficient (Wildman–Crippen LogP) is 8.17. The van der Waals surface area contributed by atoms with Gasteiger partial charge in [0.05, 0.1) is 0 Å². The van der Waals surface area contributed by atoms with E-state index in [4.69, 9.17) is 10.4 Å². The first-order valence-electron chi connectivity index (χ1n) is 12.6. The molecule has 4 atom stereocenters. The molecule has 1 aliphatic heterocycles. The van der Waals surface area contributed by atoms with Crippen LogP contribution in [-0.2, 0) is 4.79 Å². The molecule has 2 aromatic heterocycles. The molecule has 6 heteroatoms. The molecule has 37 heavy (non-hydrogen) atoms. The molecule has 2 aromatic carbocycles. The van der Waals surface area contributed by atoms with Crippen LogP contribution < -0.4 is 4.90 Å². The molecule has 2 saturated carbocycles. The van der Waals surface area contributed by atoms with E-state index in [1.165, 1.54) is 64.1 Å². The first-order valence-corrected chi connectivity index (χ1v) is 14.3. The summed E-state index contributed by atoms with van der Waals surface area (Å²) in [6, 6.07) is 28.5. The van der Waals surface area contributed by atoms with Gasteiger partial charge in [0, 0.05) is 42.8 Å². The van der Waals surface area contributed by atoms with Crippen molar-refractivity contribution in [1.82, 2.24) is 0 Å². The number of aliphatic carboxylic acids is 1. The highest BCUT2D eigenvalue weighted by molar-refractivity contribution is 7.24. The number of hydrogen-bond acceptors (Lipinski definition) is 5. The number of nitrogens with zero attached hydrogens (tertiary/aromatic N) is 2. The van der Waals surface area contributed by atoms with Gasteiger partial charge in [0.2, 0.25) is 0 Å². The number of fused-ring (bicyclic) bond motifs is 7. The van der Waals surface area contributed by atoms with E-state index in [2.05, 4.69) is 65.6 Å². The average molecular weight is 521 g/mol. The summed E-state index contributed by atoms with van der Waals surface area (Å²) in [5.74, 6) is 0.988. The van der Waals surface area contributed by atoms with Gasteiger partial charge in [-0.1, -0.05) is 24.3 Å². The van der Waals surface area contributed by atoms with Crippen LogP contribution >= 0.6 is 22.7 Å². The molecule has 0 radical (unpaired) electrons. The number of carbonyl (C=O) groups is 1. The smallest absolute Gasteiger partial charge is 0.346 e. The molecule has 1 N–H and O–H groups in total. The molecule has 4 unspecified atom stereocenters. The molecule has 2 fully saturated rings. The number of carboxylic acid groups (broad SMARTS) is 1.